The van der Waals surface area contributed by atoms with E-state index in [4.69, 9.17) is 4.74 Å². The van der Waals surface area contributed by atoms with Gasteiger partial charge in [0.25, 0.3) is 0 Å². The Balaban J connectivity index is 1.66. The number of amides is 1. The third-order valence-corrected chi connectivity index (χ3v) is 3.54. The molecule has 0 spiro atoms. The van der Waals surface area contributed by atoms with Gasteiger partial charge in [-0.25, -0.2) is 4.98 Å². The molecule has 2 aromatic heterocycles. The standard InChI is InChI=1S/C14H13F3N4O3/c1-8(22)21-5-4-10(7-21)23-11-3-2-9(6-18-11)12-19-13(24-20-12)14(15,16)17/h2-3,6,10H,4-5,7H2,1H3/t10-/m1/s1. The number of aromatic nitrogens is 3. The van der Waals surface area contributed by atoms with Crippen LogP contribution in [0.25, 0.3) is 11.4 Å². The quantitative estimate of drug-likeness (QED) is 0.850. The number of likely N-dealkylation sites (tertiary alicyclic amines) is 1. The molecule has 7 nitrogen and oxygen atoms in total. The first kappa shape index (κ1) is 16.2. The highest BCUT2D eigenvalue weighted by molar-refractivity contribution is 5.73. The summed E-state index contributed by atoms with van der Waals surface area (Å²) in [5.74, 6) is -1.31. The van der Waals surface area contributed by atoms with Gasteiger partial charge in [0, 0.05) is 37.7 Å². The molecular weight excluding hydrogens is 329 g/mol. The van der Waals surface area contributed by atoms with Crippen molar-refractivity contribution < 1.29 is 27.2 Å². The number of carbonyl (C=O) groups is 1. The average molecular weight is 342 g/mol. The van der Waals surface area contributed by atoms with Gasteiger partial charge in [0.05, 0.1) is 6.54 Å². The molecule has 1 fully saturated rings. The van der Waals surface area contributed by atoms with Crippen molar-refractivity contribution in [1.29, 1.82) is 0 Å². The Hall–Kier alpha value is -2.65. The van der Waals surface area contributed by atoms with E-state index in [9.17, 15) is 18.0 Å². The summed E-state index contributed by atoms with van der Waals surface area (Å²) in [4.78, 5) is 20.3. The van der Waals surface area contributed by atoms with Gasteiger partial charge in [-0.3, -0.25) is 4.79 Å². The second-order valence-corrected chi connectivity index (χ2v) is 5.30. The van der Waals surface area contributed by atoms with Crippen LogP contribution in [0.4, 0.5) is 13.2 Å². The van der Waals surface area contributed by atoms with Gasteiger partial charge in [0.15, 0.2) is 0 Å². The number of hydrogen-bond acceptors (Lipinski definition) is 6. The predicted octanol–water partition coefficient (Wildman–Crippen LogP) is 2.15. The largest absolute Gasteiger partial charge is 0.472 e. The number of ether oxygens (including phenoxy) is 1. The number of halogens is 3. The average Bonchev–Trinajstić information content (AvgIpc) is 3.16. The zero-order valence-electron chi connectivity index (χ0n) is 12.6. The molecule has 3 rings (SSSR count). The van der Waals surface area contributed by atoms with E-state index in [1.54, 1.807) is 4.90 Å². The van der Waals surface area contributed by atoms with Gasteiger partial charge in [-0.05, 0) is 6.07 Å². The Kier molecular flexibility index (Phi) is 4.12. The molecule has 2 aromatic rings. The topological polar surface area (TPSA) is 81.4 Å². The van der Waals surface area contributed by atoms with Crippen LogP contribution in [-0.2, 0) is 11.0 Å². The van der Waals surface area contributed by atoms with E-state index in [-0.39, 0.29) is 23.4 Å². The van der Waals surface area contributed by atoms with Gasteiger partial charge in [-0.2, -0.15) is 18.2 Å². The van der Waals surface area contributed by atoms with Gasteiger partial charge < -0.3 is 14.2 Å². The molecule has 0 bridgehead atoms. The summed E-state index contributed by atoms with van der Waals surface area (Å²) in [7, 11) is 0. The molecule has 0 N–H and O–H groups in total. The Morgan fingerprint density at radius 1 is 1.42 bits per heavy atom. The normalized spacial score (nSPS) is 18.0. The van der Waals surface area contributed by atoms with Gasteiger partial charge >= 0.3 is 12.1 Å². The zero-order valence-corrected chi connectivity index (χ0v) is 12.6. The van der Waals surface area contributed by atoms with Crippen molar-refractivity contribution in [2.45, 2.75) is 25.6 Å². The summed E-state index contributed by atoms with van der Waals surface area (Å²) in [6.45, 7) is 2.61. The number of pyridine rings is 1. The fourth-order valence-corrected chi connectivity index (χ4v) is 2.32. The number of rotatable bonds is 3. The van der Waals surface area contributed by atoms with Gasteiger partial charge in [0.2, 0.25) is 17.6 Å². The summed E-state index contributed by atoms with van der Waals surface area (Å²) in [6, 6.07) is 3.00. The molecule has 1 aliphatic heterocycles. The fraction of sp³-hybridized carbons (Fsp3) is 0.429. The molecule has 0 unspecified atom stereocenters. The molecule has 0 aliphatic carbocycles. The highest BCUT2D eigenvalue weighted by Crippen LogP contribution is 2.29. The van der Waals surface area contributed by atoms with Crippen LogP contribution in [0, 0.1) is 0 Å². The molecule has 24 heavy (non-hydrogen) atoms. The van der Waals surface area contributed by atoms with Crippen molar-refractivity contribution in [2.24, 2.45) is 0 Å². The minimum Gasteiger partial charge on any atom is -0.472 e. The van der Waals surface area contributed by atoms with Crippen LogP contribution >= 0.6 is 0 Å². The second kappa shape index (κ2) is 6.10. The monoisotopic (exact) mass is 342 g/mol. The Morgan fingerprint density at radius 2 is 2.21 bits per heavy atom. The lowest BCUT2D eigenvalue weighted by Crippen LogP contribution is -2.28. The van der Waals surface area contributed by atoms with Crippen molar-refractivity contribution in [3.8, 4) is 17.3 Å². The van der Waals surface area contributed by atoms with E-state index in [0.29, 0.717) is 25.4 Å². The van der Waals surface area contributed by atoms with Crippen LogP contribution in [0.3, 0.4) is 0 Å². The summed E-state index contributed by atoms with van der Waals surface area (Å²) >= 11 is 0. The number of nitrogens with zero attached hydrogens (tertiary/aromatic N) is 4. The second-order valence-electron chi connectivity index (χ2n) is 5.30. The molecule has 1 saturated heterocycles. The zero-order chi connectivity index (χ0) is 17.3. The number of alkyl halides is 3. The lowest BCUT2D eigenvalue weighted by atomic mass is 10.2. The molecule has 3 heterocycles. The van der Waals surface area contributed by atoms with Crippen molar-refractivity contribution in [2.75, 3.05) is 13.1 Å². The maximum Gasteiger partial charge on any atom is 0.471 e. The van der Waals surface area contributed by atoms with E-state index in [0.717, 1.165) is 0 Å². The van der Waals surface area contributed by atoms with Crippen molar-refractivity contribution in [3.05, 3.63) is 24.2 Å². The Morgan fingerprint density at radius 3 is 2.75 bits per heavy atom. The van der Waals surface area contributed by atoms with Crippen LogP contribution in [0.1, 0.15) is 19.2 Å². The third kappa shape index (κ3) is 3.47. The van der Waals surface area contributed by atoms with Crippen LogP contribution < -0.4 is 4.74 Å². The van der Waals surface area contributed by atoms with Crippen molar-refractivity contribution in [3.63, 3.8) is 0 Å². The van der Waals surface area contributed by atoms with Crippen molar-refractivity contribution >= 4 is 5.91 Å². The SMILES string of the molecule is CC(=O)N1CC[C@@H](Oc2ccc(-c3noc(C(F)(F)F)n3)cn2)C1. The Labute approximate surface area is 134 Å². The molecule has 1 aliphatic rings. The van der Waals surface area contributed by atoms with Gasteiger partial charge in [-0.15, -0.1) is 0 Å². The van der Waals surface area contributed by atoms with E-state index in [1.807, 2.05) is 0 Å². The molecular formula is C14H13F3N4O3. The highest BCUT2D eigenvalue weighted by Gasteiger charge is 2.38. The summed E-state index contributed by atoms with van der Waals surface area (Å²) in [5.41, 5.74) is 0.276. The van der Waals surface area contributed by atoms with Gasteiger partial charge in [-0.1, -0.05) is 5.16 Å². The molecule has 128 valence electrons. The van der Waals surface area contributed by atoms with Crippen LogP contribution in [-0.4, -0.2) is 45.1 Å². The maximum atomic E-state index is 12.4. The fourth-order valence-electron chi connectivity index (χ4n) is 2.32. The van der Waals surface area contributed by atoms with E-state index >= 15 is 0 Å². The minimum atomic E-state index is -4.69. The van der Waals surface area contributed by atoms with Crippen LogP contribution in [0.5, 0.6) is 5.88 Å². The summed E-state index contributed by atoms with van der Waals surface area (Å²) in [5, 5.41) is 3.28. The lowest BCUT2D eigenvalue weighted by Gasteiger charge is -2.14. The van der Waals surface area contributed by atoms with E-state index < -0.39 is 12.1 Å². The lowest BCUT2D eigenvalue weighted by molar-refractivity contribution is -0.159. The van der Waals surface area contributed by atoms with E-state index in [2.05, 4.69) is 19.6 Å². The molecule has 0 radical (unpaired) electrons. The molecule has 1 atom stereocenters. The van der Waals surface area contributed by atoms with Crippen LogP contribution in [0.15, 0.2) is 22.9 Å². The first-order valence-corrected chi connectivity index (χ1v) is 7.12. The predicted molar refractivity (Wildman–Crippen MR) is 73.8 cm³/mol. The van der Waals surface area contributed by atoms with Gasteiger partial charge in [0.1, 0.15) is 6.10 Å². The maximum absolute atomic E-state index is 12.4. The summed E-state index contributed by atoms with van der Waals surface area (Å²) < 4.78 is 47.1. The molecule has 0 aromatic carbocycles. The minimum absolute atomic E-state index is 0.0121. The third-order valence-electron chi connectivity index (χ3n) is 3.54. The summed E-state index contributed by atoms with van der Waals surface area (Å²) in [6.07, 6.45) is -2.84. The first-order valence-electron chi connectivity index (χ1n) is 7.12. The smallest absolute Gasteiger partial charge is 0.471 e. The molecule has 0 saturated carbocycles. The molecule has 1 amide bonds. The number of carbonyl (C=O) groups excluding carboxylic acids is 1. The van der Waals surface area contributed by atoms with Crippen LogP contribution in [0.2, 0.25) is 0 Å². The Bertz CT molecular complexity index is 730. The highest BCUT2D eigenvalue weighted by atomic mass is 19.4. The molecule has 10 heteroatoms. The van der Waals surface area contributed by atoms with Crippen molar-refractivity contribution in [1.82, 2.24) is 20.0 Å². The first-order chi connectivity index (χ1) is 11.3. The van der Waals surface area contributed by atoms with E-state index in [1.165, 1.54) is 25.3 Å². The number of hydrogen-bond donors (Lipinski definition) is 0.